The maximum absolute atomic E-state index is 11.1. The molecule has 1 unspecified atom stereocenters. The van der Waals surface area contributed by atoms with Gasteiger partial charge in [-0.05, 0) is 43.0 Å². The first kappa shape index (κ1) is 16.3. The molecular weight excluding hydrogens is 276 g/mol. The summed E-state index contributed by atoms with van der Waals surface area (Å²) in [6.45, 7) is 2.02. The number of benzene rings is 1. The third kappa shape index (κ3) is 3.75. The lowest BCUT2D eigenvalue weighted by atomic mass is 9.85. The summed E-state index contributed by atoms with van der Waals surface area (Å²) in [7, 11) is 1.43. The molecule has 1 aromatic carbocycles. The number of rotatable bonds is 7. The molecule has 4 heteroatoms. The Morgan fingerprint density at radius 2 is 2.14 bits per heavy atom. The minimum Gasteiger partial charge on any atom is -0.469 e. The number of ether oxygens (including phenoxy) is 1. The zero-order valence-electron chi connectivity index (χ0n) is 13.3. The van der Waals surface area contributed by atoms with Gasteiger partial charge in [-0.25, -0.2) is 0 Å². The first-order chi connectivity index (χ1) is 10.6. The van der Waals surface area contributed by atoms with E-state index in [4.69, 9.17) is 5.73 Å². The molecule has 0 radical (unpaired) electrons. The van der Waals surface area contributed by atoms with Gasteiger partial charge >= 0.3 is 5.97 Å². The van der Waals surface area contributed by atoms with Gasteiger partial charge in [-0.3, -0.25) is 9.79 Å². The zero-order chi connectivity index (χ0) is 16.0. The van der Waals surface area contributed by atoms with E-state index >= 15 is 0 Å². The molecule has 2 rings (SSSR count). The Balaban J connectivity index is 1.98. The zero-order valence-corrected chi connectivity index (χ0v) is 13.3. The van der Waals surface area contributed by atoms with Crippen LogP contribution in [0, 0.1) is 6.92 Å². The number of anilines is 1. The Kier molecular flexibility index (Phi) is 5.36. The Labute approximate surface area is 132 Å². The maximum Gasteiger partial charge on any atom is 0.305 e. The molecule has 0 amide bonds. The van der Waals surface area contributed by atoms with Crippen molar-refractivity contribution in [2.75, 3.05) is 12.8 Å². The molecule has 0 saturated carbocycles. The Morgan fingerprint density at radius 3 is 2.77 bits per heavy atom. The molecule has 0 bridgehead atoms. The van der Waals surface area contributed by atoms with Crippen molar-refractivity contribution in [3.63, 3.8) is 0 Å². The van der Waals surface area contributed by atoms with Gasteiger partial charge in [0.2, 0.25) is 0 Å². The van der Waals surface area contributed by atoms with Crippen LogP contribution in [0.5, 0.6) is 0 Å². The summed E-state index contributed by atoms with van der Waals surface area (Å²) in [5.74, 6) is -0.136. The molecule has 1 atom stereocenters. The first-order valence-electron chi connectivity index (χ1n) is 7.74. The van der Waals surface area contributed by atoms with Crippen LogP contribution in [0.25, 0.3) is 0 Å². The minimum atomic E-state index is -0.274. The van der Waals surface area contributed by atoms with E-state index in [1.54, 1.807) is 0 Å². The summed E-state index contributed by atoms with van der Waals surface area (Å²) in [4.78, 5) is 15.8. The predicted molar refractivity (Wildman–Crippen MR) is 90.0 cm³/mol. The van der Waals surface area contributed by atoms with E-state index in [1.807, 2.05) is 25.3 Å². The number of allylic oxidation sites excluding steroid dienone is 1. The maximum atomic E-state index is 11.1. The van der Waals surface area contributed by atoms with Crippen molar-refractivity contribution in [3.05, 3.63) is 41.5 Å². The molecule has 118 valence electrons. The number of nitrogen functional groups attached to an aromatic ring is 1. The molecule has 1 aromatic rings. The number of aliphatic imine (C=N–C) groups is 1. The van der Waals surface area contributed by atoms with E-state index in [2.05, 4.69) is 27.9 Å². The van der Waals surface area contributed by atoms with Gasteiger partial charge in [-0.2, -0.15) is 0 Å². The highest BCUT2D eigenvalue weighted by Crippen LogP contribution is 2.36. The van der Waals surface area contributed by atoms with Gasteiger partial charge in [0.05, 0.1) is 7.11 Å². The highest BCUT2D eigenvalue weighted by Gasteiger charge is 2.29. The van der Waals surface area contributed by atoms with Crippen molar-refractivity contribution in [2.24, 2.45) is 4.99 Å². The number of nitrogens with zero attached hydrogens (tertiary/aromatic N) is 1. The van der Waals surface area contributed by atoms with Crippen LogP contribution in [0.15, 0.2) is 35.3 Å². The largest absolute Gasteiger partial charge is 0.469 e. The summed E-state index contributed by atoms with van der Waals surface area (Å²) < 4.78 is 4.66. The number of esters is 1. The molecule has 22 heavy (non-hydrogen) atoms. The molecule has 0 spiro atoms. The van der Waals surface area contributed by atoms with Gasteiger partial charge in [-0.1, -0.05) is 31.1 Å². The molecule has 4 nitrogen and oxygen atoms in total. The monoisotopic (exact) mass is 300 g/mol. The molecule has 1 aliphatic rings. The smallest absolute Gasteiger partial charge is 0.305 e. The minimum absolute atomic E-state index is 0.136. The van der Waals surface area contributed by atoms with Crippen LogP contribution in [0.2, 0.25) is 0 Å². The van der Waals surface area contributed by atoms with E-state index in [-0.39, 0.29) is 11.5 Å². The van der Waals surface area contributed by atoms with Gasteiger partial charge in [0.15, 0.2) is 0 Å². The van der Waals surface area contributed by atoms with Gasteiger partial charge in [0.25, 0.3) is 0 Å². The average molecular weight is 300 g/mol. The van der Waals surface area contributed by atoms with Crippen molar-refractivity contribution >= 4 is 17.9 Å². The first-order valence-corrected chi connectivity index (χ1v) is 7.74. The SMILES string of the molecule is COC(=O)CCCCCC1(c2ccc(N)c(C)c2)C=CC=N1. The second kappa shape index (κ2) is 7.25. The molecule has 0 fully saturated rings. The Hall–Kier alpha value is -2.10. The quantitative estimate of drug-likeness (QED) is 0.476. The fraction of sp³-hybridized carbons (Fsp3) is 0.444. The van der Waals surface area contributed by atoms with Crippen LogP contribution in [0.3, 0.4) is 0 Å². The van der Waals surface area contributed by atoms with Crippen molar-refractivity contribution < 1.29 is 9.53 Å². The van der Waals surface area contributed by atoms with Crippen LogP contribution >= 0.6 is 0 Å². The number of methoxy groups -OCH3 is 1. The molecule has 1 aliphatic heterocycles. The number of nitrogens with two attached hydrogens (primary N) is 1. The van der Waals surface area contributed by atoms with Crippen LogP contribution in [0.1, 0.15) is 43.2 Å². The van der Waals surface area contributed by atoms with Gasteiger partial charge in [-0.15, -0.1) is 0 Å². The lowest BCUT2D eigenvalue weighted by molar-refractivity contribution is -0.140. The molecule has 0 aromatic heterocycles. The number of hydrogen-bond donors (Lipinski definition) is 1. The highest BCUT2D eigenvalue weighted by atomic mass is 16.5. The summed E-state index contributed by atoms with van der Waals surface area (Å²) >= 11 is 0. The fourth-order valence-corrected chi connectivity index (χ4v) is 2.77. The second-order valence-corrected chi connectivity index (χ2v) is 5.77. The standard InChI is InChI=1S/C18H24N2O2/c1-14-13-15(8-9-16(14)19)18(11-6-12-20-18)10-5-3-4-7-17(21)22-2/h6,8-9,11-13H,3-5,7,10,19H2,1-2H3. The van der Waals surface area contributed by atoms with Gasteiger partial charge in [0, 0.05) is 18.3 Å². The van der Waals surface area contributed by atoms with Crippen LogP contribution in [-0.4, -0.2) is 19.3 Å². The third-order valence-corrected chi connectivity index (χ3v) is 4.20. The molecule has 0 saturated heterocycles. The van der Waals surface area contributed by atoms with Crippen LogP contribution < -0.4 is 5.73 Å². The van der Waals surface area contributed by atoms with Crippen molar-refractivity contribution in [1.82, 2.24) is 0 Å². The topological polar surface area (TPSA) is 64.7 Å². The number of carbonyl (C=O) groups is 1. The molecule has 2 N–H and O–H groups in total. The van der Waals surface area contributed by atoms with E-state index in [9.17, 15) is 4.79 Å². The lowest BCUT2D eigenvalue weighted by Gasteiger charge is -2.25. The van der Waals surface area contributed by atoms with E-state index in [0.29, 0.717) is 6.42 Å². The van der Waals surface area contributed by atoms with Crippen LogP contribution in [0.4, 0.5) is 5.69 Å². The molecule has 1 heterocycles. The molecular formula is C18H24N2O2. The van der Waals surface area contributed by atoms with Crippen LogP contribution in [-0.2, 0) is 15.1 Å². The Morgan fingerprint density at radius 1 is 1.32 bits per heavy atom. The van der Waals surface area contributed by atoms with Gasteiger partial charge < -0.3 is 10.5 Å². The van der Waals surface area contributed by atoms with Gasteiger partial charge in [0.1, 0.15) is 5.54 Å². The fourth-order valence-electron chi connectivity index (χ4n) is 2.77. The lowest BCUT2D eigenvalue weighted by Crippen LogP contribution is -2.19. The summed E-state index contributed by atoms with van der Waals surface area (Å²) in [6.07, 6.45) is 10.3. The average Bonchev–Trinajstić information content (AvgIpc) is 2.99. The number of aryl methyl sites for hydroxylation is 1. The number of unbranched alkanes of at least 4 members (excludes halogenated alkanes) is 2. The van der Waals surface area contributed by atoms with Crippen molar-refractivity contribution in [2.45, 2.75) is 44.6 Å². The third-order valence-electron chi connectivity index (χ3n) is 4.20. The number of carbonyl (C=O) groups excluding carboxylic acids is 1. The van der Waals surface area contributed by atoms with E-state index in [0.717, 1.165) is 36.9 Å². The van der Waals surface area contributed by atoms with Crippen molar-refractivity contribution in [3.8, 4) is 0 Å². The molecule has 0 aliphatic carbocycles. The normalized spacial score (nSPS) is 19.5. The van der Waals surface area contributed by atoms with E-state index < -0.39 is 0 Å². The second-order valence-electron chi connectivity index (χ2n) is 5.77. The summed E-state index contributed by atoms with van der Waals surface area (Å²) in [5.41, 5.74) is 8.71. The predicted octanol–water partition coefficient (Wildman–Crippen LogP) is 3.54. The number of hydrogen-bond acceptors (Lipinski definition) is 4. The van der Waals surface area contributed by atoms with Crippen molar-refractivity contribution in [1.29, 1.82) is 0 Å². The highest BCUT2D eigenvalue weighted by molar-refractivity contribution is 5.76. The Bertz CT molecular complexity index is 579. The summed E-state index contributed by atoms with van der Waals surface area (Å²) in [5, 5.41) is 0. The summed E-state index contributed by atoms with van der Waals surface area (Å²) in [6, 6.07) is 6.13. The van der Waals surface area contributed by atoms with E-state index in [1.165, 1.54) is 12.7 Å².